The lowest BCUT2D eigenvalue weighted by Gasteiger charge is -2.30. The van der Waals surface area contributed by atoms with Crippen molar-refractivity contribution in [1.29, 1.82) is 0 Å². The lowest BCUT2D eigenvalue weighted by Crippen LogP contribution is -2.37. The lowest BCUT2D eigenvalue weighted by atomic mass is 9.95. The minimum atomic E-state index is 0.0218. The number of methoxy groups -OCH3 is 1. The molecular weight excluding hydrogens is 388 g/mol. The van der Waals surface area contributed by atoms with Crippen molar-refractivity contribution in [1.82, 2.24) is 9.88 Å². The molecule has 0 saturated carbocycles. The number of benzene rings is 2. The van der Waals surface area contributed by atoms with Crippen molar-refractivity contribution in [3.05, 3.63) is 87.6 Å². The number of fused-ring (bicyclic) bond motifs is 1. The molecule has 1 aromatic heterocycles. The van der Waals surface area contributed by atoms with E-state index in [4.69, 9.17) is 9.47 Å². The zero-order valence-electron chi connectivity index (χ0n) is 18.6. The second-order valence-corrected chi connectivity index (χ2v) is 8.09. The highest BCUT2D eigenvalue weighted by Crippen LogP contribution is 2.30. The Morgan fingerprint density at radius 3 is 2.55 bits per heavy atom. The number of pyridine rings is 1. The Morgan fingerprint density at radius 2 is 1.81 bits per heavy atom. The summed E-state index contributed by atoms with van der Waals surface area (Å²) >= 11 is 0. The normalized spacial score (nSPS) is 13.2. The quantitative estimate of drug-likeness (QED) is 0.580. The van der Waals surface area contributed by atoms with Crippen LogP contribution < -0.4 is 9.47 Å². The maximum atomic E-state index is 13.3. The van der Waals surface area contributed by atoms with Gasteiger partial charge in [0, 0.05) is 23.4 Å². The second kappa shape index (κ2) is 8.80. The summed E-state index contributed by atoms with van der Waals surface area (Å²) < 4.78 is 11.6. The first-order valence-electron chi connectivity index (χ1n) is 10.6. The number of hydrogen-bond acceptors (Lipinski definition) is 4. The summed E-state index contributed by atoms with van der Waals surface area (Å²) in [5, 5.41) is 0. The first kappa shape index (κ1) is 20.9. The average Bonchev–Trinajstić information content (AvgIpc) is 2.76. The van der Waals surface area contributed by atoms with Crippen LogP contribution in [0.5, 0.6) is 11.6 Å². The predicted octanol–water partition coefficient (Wildman–Crippen LogP) is 4.79. The first-order chi connectivity index (χ1) is 15.0. The number of nitrogens with zero attached hydrogens (tertiary/aromatic N) is 2. The summed E-state index contributed by atoms with van der Waals surface area (Å²) in [6.07, 6.45) is 0.824. The topological polar surface area (TPSA) is 51.7 Å². The zero-order valence-corrected chi connectivity index (χ0v) is 18.6. The van der Waals surface area contributed by atoms with E-state index in [0.29, 0.717) is 25.6 Å². The zero-order chi connectivity index (χ0) is 22.0. The van der Waals surface area contributed by atoms with E-state index in [2.05, 4.69) is 11.1 Å². The number of carbonyl (C=O) groups excluding carboxylic acids is 1. The minimum absolute atomic E-state index is 0.0218. The van der Waals surface area contributed by atoms with Crippen molar-refractivity contribution in [2.75, 3.05) is 13.7 Å². The Bertz CT molecular complexity index is 1110. The molecule has 5 heteroatoms. The van der Waals surface area contributed by atoms with Crippen molar-refractivity contribution < 1.29 is 14.3 Å². The van der Waals surface area contributed by atoms with Crippen molar-refractivity contribution in [2.24, 2.45) is 0 Å². The molecule has 0 unspecified atom stereocenters. The van der Waals surface area contributed by atoms with E-state index < -0.39 is 0 Å². The molecule has 31 heavy (non-hydrogen) atoms. The van der Waals surface area contributed by atoms with Crippen LogP contribution >= 0.6 is 0 Å². The van der Waals surface area contributed by atoms with Gasteiger partial charge >= 0.3 is 0 Å². The van der Waals surface area contributed by atoms with Gasteiger partial charge in [-0.1, -0.05) is 36.4 Å². The van der Waals surface area contributed by atoms with Crippen LogP contribution in [-0.2, 0) is 19.6 Å². The van der Waals surface area contributed by atoms with Crippen LogP contribution in [-0.4, -0.2) is 29.4 Å². The molecule has 4 rings (SSSR count). The standard InChI is InChI=1S/C26H28N2O3/c1-17-12-19(3)27-25(31-16-20-8-6-5-7-9-20)23(17)15-28-11-10-21-13-18(2)24(30-4)14-22(21)26(28)29/h5-9,12-14H,10-11,15-16H2,1-4H3. The van der Waals surface area contributed by atoms with Crippen molar-refractivity contribution >= 4 is 5.91 Å². The number of aromatic nitrogens is 1. The third kappa shape index (κ3) is 4.41. The molecule has 1 aliphatic rings. The fourth-order valence-corrected chi connectivity index (χ4v) is 4.11. The number of carbonyl (C=O) groups is 1. The monoisotopic (exact) mass is 416 g/mol. The van der Waals surface area contributed by atoms with Gasteiger partial charge in [0.25, 0.3) is 5.91 Å². The predicted molar refractivity (Wildman–Crippen MR) is 121 cm³/mol. The summed E-state index contributed by atoms with van der Waals surface area (Å²) in [5.41, 5.74) is 6.88. The Morgan fingerprint density at radius 1 is 1.03 bits per heavy atom. The summed E-state index contributed by atoms with van der Waals surface area (Å²) in [5.74, 6) is 1.36. The molecule has 0 saturated heterocycles. The average molecular weight is 417 g/mol. The molecule has 1 amide bonds. The molecule has 0 fully saturated rings. The van der Waals surface area contributed by atoms with Gasteiger partial charge in [0.15, 0.2) is 0 Å². The first-order valence-corrected chi connectivity index (χ1v) is 10.6. The van der Waals surface area contributed by atoms with Crippen molar-refractivity contribution in [2.45, 2.75) is 40.3 Å². The second-order valence-electron chi connectivity index (χ2n) is 8.09. The number of ether oxygens (including phenoxy) is 2. The molecule has 1 aliphatic heterocycles. The van der Waals surface area contributed by atoms with Crippen molar-refractivity contribution in [3.8, 4) is 11.6 Å². The molecular formula is C26H28N2O3. The Hall–Kier alpha value is -3.34. The van der Waals surface area contributed by atoms with E-state index >= 15 is 0 Å². The maximum absolute atomic E-state index is 13.3. The molecule has 0 atom stereocenters. The molecule has 0 radical (unpaired) electrons. The highest BCUT2D eigenvalue weighted by atomic mass is 16.5. The van der Waals surface area contributed by atoms with E-state index in [9.17, 15) is 4.79 Å². The van der Waals surface area contributed by atoms with Crippen LogP contribution in [0.25, 0.3) is 0 Å². The van der Waals surface area contributed by atoms with Gasteiger partial charge in [0.2, 0.25) is 5.88 Å². The molecule has 2 aromatic carbocycles. The number of rotatable bonds is 6. The van der Waals surface area contributed by atoms with E-state index in [-0.39, 0.29) is 5.91 Å². The van der Waals surface area contributed by atoms with Crippen LogP contribution in [0, 0.1) is 20.8 Å². The van der Waals surface area contributed by atoms with Crippen LogP contribution in [0.4, 0.5) is 0 Å². The van der Waals surface area contributed by atoms with Gasteiger partial charge in [-0.3, -0.25) is 4.79 Å². The van der Waals surface area contributed by atoms with Gasteiger partial charge < -0.3 is 14.4 Å². The van der Waals surface area contributed by atoms with Crippen molar-refractivity contribution in [3.63, 3.8) is 0 Å². The third-order valence-electron chi connectivity index (χ3n) is 5.79. The lowest BCUT2D eigenvalue weighted by molar-refractivity contribution is 0.0724. The van der Waals surface area contributed by atoms with E-state index in [1.54, 1.807) is 7.11 Å². The number of amides is 1. The van der Waals surface area contributed by atoms with Gasteiger partial charge in [-0.25, -0.2) is 4.98 Å². The number of aryl methyl sites for hydroxylation is 3. The molecule has 2 heterocycles. The number of hydrogen-bond donors (Lipinski definition) is 0. The SMILES string of the molecule is COc1cc2c(cc1C)CCN(Cc1c(C)cc(C)nc1OCc1ccccc1)C2=O. The van der Waals surface area contributed by atoms with E-state index in [0.717, 1.165) is 51.2 Å². The fraction of sp³-hybridized carbons (Fsp3) is 0.308. The summed E-state index contributed by atoms with van der Waals surface area (Å²) in [4.78, 5) is 19.8. The van der Waals surface area contributed by atoms with Crippen LogP contribution in [0.15, 0.2) is 48.5 Å². The van der Waals surface area contributed by atoms with E-state index in [1.807, 2.05) is 68.1 Å². The van der Waals surface area contributed by atoms with E-state index in [1.165, 1.54) is 0 Å². The summed E-state index contributed by atoms with van der Waals surface area (Å²) in [6.45, 7) is 7.60. The summed E-state index contributed by atoms with van der Waals surface area (Å²) in [6, 6.07) is 16.0. The molecule has 160 valence electrons. The highest BCUT2D eigenvalue weighted by Gasteiger charge is 2.27. The Kier molecular flexibility index (Phi) is 5.94. The van der Waals surface area contributed by atoms with Gasteiger partial charge in [-0.2, -0.15) is 0 Å². The highest BCUT2D eigenvalue weighted by molar-refractivity contribution is 5.97. The Balaban J connectivity index is 1.59. The largest absolute Gasteiger partial charge is 0.496 e. The maximum Gasteiger partial charge on any atom is 0.254 e. The smallest absolute Gasteiger partial charge is 0.254 e. The Labute approximate surface area is 183 Å². The van der Waals surface area contributed by atoms with Gasteiger partial charge in [-0.05, 0) is 61.6 Å². The minimum Gasteiger partial charge on any atom is -0.496 e. The van der Waals surface area contributed by atoms with Gasteiger partial charge in [0.05, 0.1) is 13.7 Å². The molecule has 3 aromatic rings. The molecule has 0 spiro atoms. The van der Waals surface area contributed by atoms with Gasteiger partial charge in [0.1, 0.15) is 12.4 Å². The van der Waals surface area contributed by atoms with Gasteiger partial charge in [-0.15, -0.1) is 0 Å². The molecule has 0 aliphatic carbocycles. The molecule has 0 N–H and O–H groups in total. The van der Waals surface area contributed by atoms with Crippen LogP contribution in [0.2, 0.25) is 0 Å². The van der Waals surface area contributed by atoms with Crippen LogP contribution in [0.3, 0.4) is 0 Å². The fourth-order valence-electron chi connectivity index (χ4n) is 4.11. The third-order valence-corrected chi connectivity index (χ3v) is 5.79. The molecule has 5 nitrogen and oxygen atoms in total. The summed E-state index contributed by atoms with van der Waals surface area (Å²) in [7, 11) is 1.64. The van der Waals surface area contributed by atoms with Crippen LogP contribution in [0.1, 0.15) is 43.9 Å². The molecule has 0 bridgehead atoms.